The predicted octanol–water partition coefficient (Wildman–Crippen LogP) is 1.42. The quantitative estimate of drug-likeness (QED) is 0.778. The van der Waals surface area contributed by atoms with E-state index in [2.05, 4.69) is 20.3 Å². The first-order valence-corrected chi connectivity index (χ1v) is 4.37. The molecule has 0 fully saturated rings. The third kappa shape index (κ3) is 4.24. The highest BCUT2D eigenvalue weighted by molar-refractivity contribution is 5.32. The van der Waals surface area contributed by atoms with Crippen LogP contribution >= 0.6 is 0 Å². The lowest BCUT2D eigenvalue weighted by atomic mass is 10.6. The van der Waals surface area contributed by atoms with Gasteiger partial charge in [0.25, 0.3) is 0 Å². The Bertz CT molecular complexity index is 353. The van der Waals surface area contributed by atoms with Gasteiger partial charge in [0.05, 0.1) is 0 Å². The fourth-order valence-electron chi connectivity index (χ4n) is 0.846. The van der Waals surface area contributed by atoms with Gasteiger partial charge in [0.2, 0.25) is 11.9 Å². The molecule has 0 aliphatic rings. The van der Waals surface area contributed by atoms with Crippen molar-refractivity contribution in [3.8, 4) is 0 Å². The Labute approximate surface area is 88.3 Å². The number of nitrogens with one attached hydrogen (secondary N) is 2. The molecule has 0 saturated carbocycles. The zero-order valence-corrected chi connectivity index (χ0v) is 8.27. The molecule has 1 aromatic heterocycles. The van der Waals surface area contributed by atoms with Crippen molar-refractivity contribution in [1.82, 2.24) is 15.0 Å². The fraction of sp³-hybridized carbons (Fsp3) is 0.571. The molecule has 0 aromatic carbocycles. The van der Waals surface area contributed by atoms with Crippen molar-refractivity contribution in [3.05, 3.63) is 6.08 Å². The first-order valence-electron chi connectivity index (χ1n) is 4.37. The van der Waals surface area contributed by atoms with E-state index < -0.39 is 24.7 Å². The summed E-state index contributed by atoms with van der Waals surface area (Å²) < 4.78 is 48.3. The Morgan fingerprint density at radius 1 is 1.06 bits per heavy atom. The van der Waals surface area contributed by atoms with Gasteiger partial charge in [0.15, 0.2) is 0 Å². The van der Waals surface area contributed by atoms with Crippen LogP contribution in [-0.4, -0.2) is 34.2 Å². The highest BCUT2D eigenvalue weighted by Crippen LogP contribution is 2.15. The second-order valence-electron chi connectivity index (χ2n) is 2.75. The number of rotatable bonds is 4. The van der Waals surface area contributed by atoms with Gasteiger partial charge in [-0.2, -0.15) is 32.5 Å². The van der Waals surface area contributed by atoms with E-state index in [9.17, 15) is 17.6 Å². The standard InChI is InChI=1S/C7H9F4N5/c1-2-12-5-14-4(8)15-6(16-5)13-3-7(9,10)11/h2-3H2,1H3,(H2,12,13,14,15,16). The van der Waals surface area contributed by atoms with Crippen LogP contribution in [0.1, 0.15) is 6.92 Å². The average molecular weight is 239 g/mol. The first-order chi connectivity index (χ1) is 7.40. The van der Waals surface area contributed by atoms with Crippen LogP contribution in [0.2, 0.25) is 0 Å². The topological polar surface area (TPSA) is 62.7 Å². The maximum Gasteiger partial charge on any atom is 0.405 e. The van der Waals surface area contributed by atoms with E-state index in [0.717, 1.165) is 0 Å². The van der Waals surface area contributed by atoms with E-state index in [1.165, 1.54) is 0 Å². The Kier molecular flexibility index (Phi) is 3.80. The van der Waals surface area contributed by atoms with Gasteiger partial charge in [0.1, 0.15) is 6.54 Å². The third-order valence-corrected chi connectivity index (χ3v) is 1.39. The molecule has 0 amide bonds. The van der Waals surface area contributed by atoms with E-state index in [0.29, 0.717) is 6.54 Å². The lowest BCUT2D eigenvalue weighted by Gasteiger charge is -2.08. The highest BCUT2D eigenvalue weighted by atomic mass is 19.4. The van der Waals surface area contributed by atoms with Crippen LogP contribution in [0.3, 0.4) is 0 Å². The molecule has 1 rings (SSSR count). The van der Waals surface area contributed by atoms with E-state index in [-0.39, 0.29) is 5.95 Å². The molecule has 0 aliphatic heterocycles. The van der Waals surface area contributed by atoms with Crippen molar-refractivity contribution in [1.29, 1.82) is 0 Å². The number of hydrogen-bond acceptors (Lipinski definition) is 5. The van der Waals surface area contributed by atoms with Crippen molar-refractivity contribution in [3.63, 3.8) is 0 Å². The summed E-state index contributed by atoms with van der Waals surface area (Å²) in [6.45, 7) is 0.800. The Morgan fingerprint density at radius 3 is 2.12 bits per heavy atom. The van der Waals surface area contributed by atoms with Gasteiger partial charge in [-0.15, -0.1) is 0 Å². The van der Waals surface area contributed by atoms with E-state index in [4.69, 9.17) is 0 Å². The van der Waals surface area contributed by atoms with Crippen LogP contribution in [0.4, 0.5) is 29.5 Å². The summed E-state index contributed by atoms with van der Waals surface area (Å²) in [5, 5.41) is 4.42. The summed E-state index contributed by atoms with van der Waals surface area (Å²) in [5.41, 5.74) is 0. The molecule has 5 nitrogen and oxygen atoms in total. The predicted molar refractivity (Wildman–Crippen MR) is 48.5 cm³/mol. The van der Waals surface area contributed by atoms with Crippen LogP contribution in [0, 0.1) is 6.08 Å². The van der Waals surface area contributed by atoms with E-state index in [1.54, 1.807) is 6.92 Å². The molecular weight excluding hydrogens is 230 g/mol. The minimum atomic E-state index is -4.42. The van der Waals surface area contributed by atoms with Crippen LogP contribution in [-0.2, 0) is 0 Å². The van der Waals surface area contributed by atoms with Gasteiger partial charge in [-0.1, -0.05) is 0 Å². The van der Waals surface area contributed by atoms with E-state index >= 15 is 0 Å². The molecule has 0 bridgehead atoms. The van der Waals surface area contributed by atoms with Crippen LogP contribution in [0.25, 0.3) is 0 Å². The average Bonchev–Trinajstić information content (AvgIpc) is 2.13. The maximum atomic E-state index is 12.7. The lowest BCUT2D eigenvalue weighted by Crippen LogP contribution is -2.23. The molecule has 0 spiro atoms. The molecule has 90 valence electrons. The number of alkyl halides is 3. The molecule has 1 aromatic rings. The van der Waals surface area contributed by atoms with Crippen LogP contribution in [0.15, 0.2) is 0 Å². The normalized spacial score (nSPS) is 11.3. The zero-order valence-electron chi connectivity index (χ0n) is 8.27. The molecule has 1 heterocycles. The zero-order chi connectivity index (χ0) is 12.2. The Hall–Kier alpha value is -1.67. The molecular formula is C7H9F4N5. The van der Waals surface area contributed by atoms with Crippen molar-refractivity contribution in [2.24, 2.45) is 0 Å². The lowest BCUT2D eigenvalue weighted by molar-refractivity contribution is -0.115. The first kappa shape index (κ1) is 12.4. The molecule has 0 aliphatic carbocycles. The molecule has 0 saturated heterocycles. The summed E-state index contributed by atoms with van der Waals surface area (Å²) in [5.74, 6) is -0.569. The van der Waals surface area contributed by atoms with Gasteiger partial charge in [-0.25, -0.2) is 0 Å². The number of aromatic nitrogens is 3. The van der Waals surface area contributed by atoms with E-state index in [1.807, 2.05) is 5.32 Å². The monoisotopic (exact) mass is 239 g/mol. The second kappa shape index (κ2) is 4.90. The minimum absolute atomic E-state index is 0.111. The second-order valence-corrected chi connectivity index (χ2v) is 2.75. The molecule has 2 N–H and O–H groups in total. The van der Waals surface area contributed by atoms with Crippen molar-refractivity contribution in [2.45, 2.75) is 13.1 Å². The van der Waals surface area contributed by atoms with Gasteiger partial charge in [0, 0.05) is 6.54 Å². The number of nitrogens with zero attached hydrogens (tertiary/aromatic N) is 3. The summed E-state index contributed by atoms with van der Waals surface area (Å²) in [6, 6.07) is 0. The fourth-order valence-corrected chi connectivity index (χ4v) is 0.846. The van der Waals surface area contributed by atoms with Gasteiger partial charge < -0.3 is 10.6 Å². The summed E-state index contributed by atoms with van der Waals surface area (Å²) in [4.78, 5) is 9.87. The van der Waals surface area contributed by atoms with Gasteiger partial charge >= 0.3 is 12.3 Å². The van der Waals surface area contributed by atoms with Crippen molar-refractivity contribution >= 4 is 11.9 Å². The number of halogens is 4. The summed E-state index contributed by atoms with van der Waals surface area (Å²) in [6.07, 6.45) is -5.56. The van der Waals surface area contributed by atoms with Crippen molar-refractivity contribution in [2.75, 3.05) is 23.7 Å². The maximum absolute atomic E-state index is 12.7. The Morgan fingerprint density at radius 2 is 1.62 bits per heavy atom. The largest absolute Gasteiger partial charge is 0.405 e. The molecule has 0 radical (unpaired) electrons. The minimum Gasteiger partial charge on any atom is -0.354 e. The summed E-state index contributed by atoms with van der Waals surface area (Å²) in [7, 11) is 0. The van der Waals surface area contributed by atoms with Crippen LogP contribution in [0.5, 0.6) is 0 Å². The van der Waals surface area contributed by atoms with Gasteiger partial charge in [-0.3, -0.25) is 0 Å². The van der Waals surface area contributed by atoms with Gasteiger partial charge in [-0.05, 0) is 6.92 Å². The summed E-state index contributed by atoms with van der Waals surface area (Å²) >= 11 is 0. The van der Waals surface area contributed by atoms with Crippen LogP contribution < -0.4 is 10.6 Å². The molecule has 0 unspecified atom stereocenters. The molecule has 16 heavy (non-hydrogen) atoms. The Balaban J connectivity index is 2.72. The number of anilines is 2. The molecule has 9 heteroatoms. The third-order valence-electron chi connectivity index (χ3n) is 1.39. The van der Waals surface area contributed by atoms with Crippen molar-refractivity contribution < 1.29 is 17.6 Å². The SMILES string of the molecule is CCNc1nc(F)nc(NCC(F)(F)F)n1. The smallest absolute Gasteiger partial charge is 0.354 e. The highest BCUT2D eigenvalue weighted by Gasteiger charge is 2.27. The number of hydrogen-bond donors (Lipinski definition) is 2. The molecule has 0 atom stereocenters.